The number of benzene rings is 3. The molecule has 4 aromatic rings. The number of aliphatic imine (C=N–C) groups is 1. The minimum absolute atomic E-state index is 0.00469. The van der Waals surface area contributed by atoms with Crippen LogP contribution in [0.3, 0.4) is 0 Å². The van der Waals surface area contributed by atoms with Crippen LogP contribution < -0.4 is 47.9 Å². The van der Waals surface area contributed by atoms with Crippen LogP contribution in [0.5, 0.6) is 11.5 Å². The van der Waals surface area contributed by atoms with E-state index in [0.717, 1.165) is 30.4 Å². The summed E-state index contributed by atoms with van der Waals surface area (Å²) >= 11 is 5.82. The average molecular weight is 775 g/mol. The number of hydrogen-bond acceptors (Lipinski definition) is 12. The Morgan fingerprint density at radius 1 is 0.982 bits per heavy atom. The van der Waals surface area contributed by atoms with Crippen LogP contribution in [0.25, 0.3) is 0 Å². The topological polar surface area (TPSA) is 254 Å². The minimum atomic E-state index is -0.827. The highest BCUT2D eigenvalue weighted by Crippen LogP contribution is 2.29. The predicted molar refractivity (Wildman–Crippen MR) is 212 cm³/mol. The van der Waals surface area contributed by atoms with Crippen molar-refractivity contribution in [1.82, 2.24) is 25.9 Å². The van der Waals surface area contributed by atoms with Crippen molar-refractivity contribution < 1.29 is 29.0 Å². The van der Waals surface area contributed by atoms with Crippen LogP contribution in [0.4, 0.5) is 17.3 Å². The molecule has 11 N–H and O–H groups in total. The number of guanidine groups is 1. The summed E-state index contributed by atoms with van der Waals surface area (Å²) in [6.07, 6.45) is 2.71. The highest BCUT2D eigenvalue weighted by molar-refractivity contribution is 6.31. The van der Waals surface area contributed by atoms with Gasteiger partial charge in [-0.1, -0.05) is 60.1 Å². The summed E-state index contributed by atoms with van der Waals surface area (Å²) < 4.78 is 11.5. The zero-order valence-electron chi connectivity index (χ0n) is 30.5. The van der Waals surface area contributed by atoms with E-state index in [1.165, 1.54) is 0 Å². The molecule has 0 aliphatic heterocycles. The largest absolute Gasteiger partial charge is 0.487 e. The molecule has 0 spiro atoms. The van der Waals surface area contributed by atoms with Crippen molar-refractivity contribution in [2.75, 3.05) is 43.0 Å². The maximum absolute atomic E-state index is 12.4. The number of carbonyl (C=O) groups is 3. The Balaban J connectivity index is 1.07. The number of hydrogen-bond donors (Lipinski definition) is 8. The molecule has 0 radical (unpaired) electrons. The Morgan fingerprint density at radius 3 is 2.49 bits per heavy atom. The van der Waals surface area contributed by atoms with Gasteiger partial charge < -0.3 is 47.7 Å². The number of ether oxygens (including phenoxy) is 2. The standard InChI is InChI=1S/C38H47ClN10O6/c1-24(45-20-30(51)27-12-15-31(29(19-27)46-23-50)55-21-26-8-3-2-4-9-26)16-18-43-32(52)22-54-28-13-10-25(11-14-28)7-5-6-17-44-38(42)49-37(53)33-35(40)48-36(41)34(39)47-33/h2-4,8-15,19,23-24,30,45,51H,5-7,16-18,20-22H2,1H3,(H,43,52)(H,46,50)(H4,40,41,48)(H3,42,44,49,53)/t24?,30-/m0/s1. The van der Waals surface area contributed by atoms with Crippen LogP contribution in [0.1, 0.15) is 59.5 Å². The molecule has 0 aliphatic carbocycles. The summed E-state index contributed by atoms with van der Waals surface area (Å²) in [4.78, 5) is 47.7. The number of aromatic nitrogens is 2. The van der Waals surface area contributed by atoms with Crippen molar-refractivity contribution in [3.63, 3.8) is 0 Å². The van der Waals surface area contributed by atoms with Crippen LogP contribution in [-0.4, -0.2) is 71.5 Å². The van der Waals surface area contributed by atoms with Crippen LogP contribution >= 0.6 is 11.6 Å². The van der Waals surface area contributed by atoms with Gasteiger partial charge in [-0.15, -0.1) is 0 Å². The van der Waals surface area contributed by atoms with Crippen LogP contribution in [0.15, 0.2) is 77.8 Å². The van der Waals surface area contributed by atoms with E-state index in [1.807, 2.05) is 61.5 Å². The normalized spacial score (nSPS) is 12.3. The van der Waals surface area contributed by atoms with Crippen molar-refractivity contribution in [2.45, 2.75) is 51.4 Å². The molecule has 3 aromatic carbocycles. The number of nitrogens with one attached hydrogen (secondary N) is 4. The number of anilines is 3. The molecule has 3 amide bonds. The fourth-order valence-corrected chi connectivity index (χ4v) is 5.30. The van der Waals surface area contributed by atoms with E-state index in [4.69, 9.17) is 38.3 Å². The molecule has 17 heteroatoms. The molecule has 0 aliphatic rings. The van der Waals surface area contributed by atoms with E-state index in [1.54, 1.807) is 18.2 Å². The lowest BCUT2D eigenvalue weighted by molar-refractivity contribution is -0.123. The number of aliphatic hydroxyl groups is 1. The van der Waals surface area contributed by atoms with Gasteiger partial charge in [0.2, 0.25) is 6.41 Å². The van der Waals surface area contributed by atoms with Gasteiger partial charge in [0.05, 0.1) is 11.8 Å². The van der Waals surface area contributed by atoms with E-state index in [-0.39, 0.29) is 53.5 Å². The number of nitrogens with zero attached hydrogens (tertiary/aromatic N) is 3. The van der Waals surface area contributed by atoms with E-state index in [0.29, 0.717) is 55.3 Å². The molecule has 55 heavy (non-hydrogen) atoms. The number of unbranched alkanes of at least 4 members (excludes halogenated alkanes) is 1. The lowest BCUT2D eigenvalue weighted by atomic mass is 10.1. The zero-order chi connectivity index (χ0) is 39.6. The van der Waals surface area contributed by atoms with Crippen molar-refractivity contribution in [3.8, 4) is 11.5 Å². The number of amides is 3. The molecule has 292 valence electrons. The molecule has 1 heterocycles. The number of carbonyl (C=O) groups excluding carboxylic acids is 3. The first-order valence-corrected chi connectivity index (χ1v) is 18.0. The Bertz CT molecular complexity index is 1900. The number of aryl methyl sites for hydroxylation is 1. The Morgan fingerprint density at radius 2 is 1.75 bits per heavy atom. The Kier molecular flexibility index (Phi) is 16.5. The van der Waals surface area contributed by atoms with Crippen LogP contribution in [-0.2, 0) is 22.6 Å². The highest BCUT2D eigenvalue weighted by atomic mass is 35.5. The van der Waals surface area contributed by atoms with E-state index in [9.17, 15) is 19.5 Å². The summed E-state index contributed by atoms with van der Waals surface area (Å²) in [6.45, 7) is 3.28. The minimum Gasteiger partial charge on any atom is -0.487 e. The van der Waals surface area contributed by atoms with Crippen molar-refractivity contribution in [2.24, 2.45) is 10.7 Å². The monoisotopic (exact) mass is 774 g/mol. The van der Waals surface area contributed by atoms with E-state index in [2.05, 4.69) is 36.2 Å². The fourth-order valence-electron chi connectivity index (χ4n) is 5.17. The summed E-state index contributed by atoms with van der Waals surface area (Å²) in [5, 5.41) is 21.8. The zero-order valence-corrected chi connectivity index (χ0v) is 31.2. The SMILES string of the molecule is CC(CCNC(=O)COc1ccc(CCCCN=C(N)NC(=O)c2nc(Cl)c(N)nc2N)cc1)NC[C@H](O)c1ccc(OCc2ccccc2)c(NC=O)c1. The molecule has 0 saturated carbocycles. The third kappa shape index (κ3) is 14.1. The average Bonchev–Trinajstić information content (AvgIpc) is 3.17. The van der Waals surface area contributed by atoms with Gasteiger partial charge in [0.1, 0.15) is 18.1 Å². The molecule has 16 nitrogen and oxygen atoms in total. The highest BCUT2D eigenvalue weighted by Gasteiger charge is 2.17. The van der Waals surface area contributed by atoms with E-state index < -0.39 is 12.0 Å². The maximum atomic E-state index is 12.4. The number of halogens is 1. The molecule has 0 fully saturated rings. The molecule has 1 aromatic heterocycles. The smallest absolute Gasteiger partial charge is 0.280 e. The predicted octanol–water partition coefficient (Wildman–Crippen LogP) is 3.11. The Hall–Kier alpha value is -5.97. The van der Waals surface area contributed by atoms with Crippen molar-refractivity contribution in [3.05, 3.63) is 100 Å². The number of rotatable bonds is 21. The van der Waals surface area contributed by atoms with Gasteiger partial charge in [0.25, 0.3) is 11.8 Å². The van der Waals surface area contributed by atoms with Gasteiger partial charge in [-0.25, -0.2) is 9.97 Å². The third-order valence-corrected chi connectivity index (χ3v) is 8.49. The van der Waals surface area contributed by atoms with Crippen molar-refractivity contribution in [1.29, 1.82) is 0 Å². The van der Waals surface area contributed by atoms with Gasteiger partial charge in [-0.3, -0.25) is 24.7 Å². The third-order valence-electron chi connectivity index (χ3n) is 8.21. The van der Waals surface area contributed by atoms with Gasteiger partial charge in [-0.2, -0.15) is 0 Å². The van der Waals surface area contributed by atoms with Gasteiger partial charge in [0.15, 0.2) is 35.0 Å². The second-order valence-corrected chi connectivity index (χ2v) is 12.9. The second kappa shape index (κ2) is 21.7. The summed E-state index contributed by atoms with van der Waals surface area (Å²) in [6, 6.07) is 22.4. The maximum Gasteiger partial charge on any atom is 0.280 e. The molecular formula is C38H47ClN10O6. The molecule has 4 rings (SSSR count). The molecule has 2 atom stereocenters. The lowest BCUT2D eigenvalue weighted by Gasteiger charge is -2.19. The van der Waals surface area contributed by atoms with Gasteiger partial charge >= 0.3 is 0 Å². The number of nitrogen functional groups attached to an aromatic ring is 2. The van der Waals surface area contributed by atoms with Gasteiger partial charge in [-0.05, 0) is 73.6 Å². The summed E-state index contributed by atoms with van der Waals surface area (Å²) in [5.74, 6) is -0.204. The first-order valence-electron chi connectivity index (χ1n) is 17.6. The van der Waals surface area contributed by atoms with E-state index >= 15 is 0 Å². The lowest BCUT2D eigenvalue weighted by Crippen LogP contribution is -2.38. The first kappa shape index (κ1) is 41.8. The molecule has 0 bridgehead atoms. The first-order chi connectivity index (χ1) is 26.5. The Labute approximate surface area is 324 Å². The molecule has 0 saturated heterocycles. The second-order valence-electron chi connectivity index (χ2n) is 12.5. The molecule has 1 unspecified atom stereocenters. The van der Waals surface area contributed by atoms with Crippen LogP contribution in [0, 0.1) is 0 Å². The molecular weight excluding hydrogens is 728 g/mol. The number of nitrogens with two attached hydrogens (primary N) is 3. The van der Waals surface area contributed by atoms with Gasteiger partial charge in [0, 0.05) is 25.7 Å². The van der Waals surface area contributed by atoms with Crippen molar-refractivity contribution >= 4 is 53.1 Å². The summed E-state index contributed by atoms with van der Waals surface area (Å²) in [5.41, 5.74) is 20.0. The quantitative estimate of drug-likeness (QED) is 0.0263. The fraction of sp³-hybridized carbons (Fsp3) is 0.316. The van der Waals surface area contributed by atoms with Crippen LogP contribution in [0.2, 0.25) is 5.15 Å². The summed E-state index contributed by atoms with van der Waals surface area (Å²) in [7, 11) is 0. The number of aliphatic hydroxyl groups excluding tert-OH is 1.